The van der Waals surface area contributed by atoms with Gasteiger partial charge in [-0.2, -0.15) is 0 Å². The molecule has 0 spiro atoms. The van der Waals surface area contributed by atoms with E-state index in [4.69, 9.17) is 5.73 Å². The van der Waals surface area contributed by atoms with Gasteiger partial charge in [0, 0.05) is 24.5 Å². The van der Waals surface area contributed by atoms with Crippen LogP contribution in [-0.4, -0.2) is 29.4 Å². The summed E-state index contributed by atoms with van der Waals surface area (Å²) in [6.45, 7) is 7.64. The predicted molar refractivity (Wildman–Crippen MR) is 80.0 cm³/mol. The third kappa shape index (κ3) is 5.70. The number of hydrogen-bond donors (Lipinski definition) is 1. The van der Waals surface area contributed by atoms with Crippen molar-refractivity contribution in [2.75, 3.05) is 13.6 Å². The summed E-state index contributed by atoms with van der Waals surface area (Å²) in [6.07, 6.45) is 4.27. The standard InChI is InChI=1S/C14H25N3OS/c1-11-16-9-12(19-11)10-17(4)13(18)5-6-14(2,3)7-8-15/h9H,5-8,10,15H2,1-4H3. The molecule has 1 amide bonds. The largest absolute Gasteiger partial charge is 0.341 e. The molecule has 108 valence electrons. The van der Waals surface area contributed by atoms with E-state index in [0.29, 0.717) is 19.5 Å². The lowest BCUT2D eigenvalue weighted by atomic mass is 9.84. The summed E-state index contributed by atoms with van der Waals surface area (Å²) in [6, 6.07) is 0. The van der Waals surface area contributed by atoms with Gasteiger partial charge in [-0.05, 0) is 31.7 Å². The Morgan fingerprint density at radius 1 is 1.47 bits per heavy atom. The van der Waals surface area contributed by atoms with Crippen molar-refractivity contribution < 1.29 is 4.79 Å². The van der Waals surface area contributed by atoms with E-state index in [-0.39, 0.29) is 11.3 Å². The molecular formula is C14H25N3OS. The van der Waals surface area contributed by atoms with Gasteiger partial charge >= 0.3 is 0 Å². The highest BCUT2D eigenvalue weighted by Crippen LogP contribution is 2.26. The number of carbonyl (C=O) groups excluding carboxylic acids is 1. The monoisotopic (exact) mass is 283 g/mol. The van der Waals surface area contributed by atoms with E-state index in [1.807, 2.05) is 20.2 Å². The van der Waals surface area contributed by atoms with E-state index < -0.39 is 0 Å². The van der Waals surface area contributed by atoms with Crippen molar-refractivity contribution in [2.24, 2.45) is 11.1 Å². The van der Waals surface area contributed by atoms with Gasteiger partial charge in [-0.15, -0.1) is 11.3 Å². The Bertz CT molecular complexity index is 415. The third-order valence-electron chi connectivity index (χ3n) is 3.32. The normalized spacial score (nSPS) is 11.6. The number of aromatic nitrogens is 1. The number of carbonyl (C=O) groups is 1. The first-order valence-corrected chi connectivity index (χ1v) is 7.51. The van der Waals surface area contributed by atoms with Crippen molar-refractivity contribution >= 4 is 17.2 Å². The van der Waals surface area contributed by atoms with Crippen LogP contribution in [0.2, 0.25) is 0 Å². The Labute approximate surface area is 120 Å². The maximum absolute atomic E-state index is 12.1. The van der Waals surface area contributed by atoms with E-state index in [1.165, 1.54) is 0 Å². The topological polar surface area (TPSA) is 59.2 Å². The molecule has 0 radical (unpaired) electrons. The highest BCUT2D eigenvalue weighted by atomic mass is 32.1. The van der Waals surface area contributed by atoms with Gasteiger partial charge in [0.1, 0.15) is 0 Å². The minimum Gasteiger partial charge on any atom is -0.341 e. The summed E-state index contributed by atoms with van der Waals surface area (Å²) in [5.41, 5.74) is 5.73. The second-order valence-electron chi connectivity index (χ2n) is 5.80. The summed E-state index contributed by atoms with van der Waals surface area (Å²) in [4.78, 5) is 19.2. The van der Waals surface area contributed by atoms with Gasteiger partial charge in [0.2, 0.25) is 5.91 Å². The van der Waals surface area contributed by atoms with Crippen LogP contribution in [0.1, 0.15) is 43.0 Å². The molecule has 0 aliphatic rings. The molecule has 0 aliphatic carbocycles. The van der Waals surface area contributed by atoms with Crippen LogP contribution in [0.3, 0.4) is 0 Å². The molecule has 0 saturated heterocycles. The van der Waals surface area contributed by atoms with E-state index in [0.717, 1.165) is 22.7 Å². The lowest BCUT2D eigenvalue weighted by molar-refractivity contribution is -0.131. The van der Waals surface area contributed by atoms with Crippen LogP contribution in [0.5, 0.6) is 0 Å². The highest BCUT2D eigenvalue weighted by Gasteiger charge is 2.20. The maximum Gasteiger partial charge on any atom is 0.222 e. The summed E-state index contributed by atoms with van der Waals surface area (Å²) in [5, 5.41) is 1.04. The zero-order chi connectivity index (χ0) is 14.5. The van der Waals surface area contributed by atoms with Gasteiger partial charge in [-0.3, -0.25) is 4.79 Å². The molecule has 0 saturated carbocycles. The van der Waals surface area contributed by atoms with Gasteiger partial charge in [-0.25, -0.2) is 4.98 Å². The predicted octanol–water partition coefficient (Wildman–Crippen LogP) is 2.57. The smallest absolute Gasteiger partial charge is 0.222 e. The molecule has 0 unspecified atom stereocenters. The molecule has 1 rings (SSSR count). The van der Waals surface area contributed by atoms with Gasteiger partial charge in [0.05, 0.1) is 11.6 Å². The number of rotatable bonds is 7. The van der Waals surface area contributed by atoms with Gasteiger partial charge in [-0.1, -0.05) is 13.8 Å². The van der Waals surface area contributed by atoms with Crippen molar-refractivity contribution in [3.63, 3.8) is 0 Å². The van der Waals surface area contributed by atoms with E-state index in [1.54, 1.807) is 16.2 Å². The second kappa shape index (κ2) is 7.01. The van der Waals surface area contributed by atoms with Crippen LogP contribution >= 0.6 is 11.3 Å². The zero-order valence-corrected chi connectivity index (χ0v) is 13.2. The fourth-order valence-corrected chi connectivity index (χ4v) is 2.80. The lowest BCUT2D eigenvalue weighted by Gasteiger charge is -2.25. The van der Waals surface area contributed by atoms with Crippen LogP contribution < -0.4 is 5.73 Å². The molecule has 1 aromatic heterocycles. The minimum atomic E-state index is 0.145. The van der Waals surface area contributed by atoms with Crippen LogP contribution in [0.4, 0.5) is 0 Å². The summed E-state index contributed by atoms with van der Waals surface area (Å²) >= 11 is 1.64. The molecule has 5 heteroatoms. The quantitative estimate of drug-likeness (QED) is 0.836. The number of thiazole rings is 1. The van der Waals surface area contributed by atoms with Crippen LogP contribution in [0.25, 0.3) is 0 Å². The average Bonchev–Trinajstić information content (AvgIpc) is 2.71. The number of hydrogen-bond acceptors (Lipinski definition) is 4. The second-order valence-corrected chi connectivity index (χ2v) is 7.12. The first kappa shape index (κ1) is 16.1. The fraction of sp³-hybridized carbons (Fsp3) is 0.714. The van der Waals surface area contributed by atoms with Crippen LogP contribution in [0, 0.1) is 12.3 Å². The molecule has 0 atom stereocenters. The van der Waals surface area contributed by atoms with Crippen molar-refractivity contribution in [1.82, 2.24) is 9.88 Å². The fourth-order valence-electron chi connectivity index (χ4n) is 1.95. The van der Waals surface area contributed by atoms with E-state index in [2.05, 4.69) is 18.8 Å². The Kier molecular flexibility index (Phi) is 5.94. The summed E-state index contributed by atoms with van der Waals surface area (Å²) in [5.74, 6) is 0.191. The Morgan fingerprint density at radius 2 is 2.16 bits per heavy atom. The number of aryl methyl sites for hydroxylation is 1. The SMILES string of the molecule is Cc1ncc(CN(C)C(=O)CCC(C)(C)CCN)s1. The van der Waals surface area contributed by atoms with Crippen molar-refractivity contribution in [2.45, 2.75) is 46.6 Å². The number of nitrogens with two attached hydrogens (primary N) is 1. The average molecular weight is 283 g/mol. The third-order valence-corrected chi connectivity index (χ3v) is 4.22. The molecule has 1 aromatic rings. The number of amides is 1. The minimum absolute atomic E-state index is 0.145. The highest BCUT2D eigenvalue weighted by molar-refractivity contribution is 7.11. The first-order chi connectivity index (χ1) is 8.84. The molecule has 0 aromatic carbocycles. The summed E-state index contributed by atoms with van der Waals surface area (Å²) in [7, 11) is 1.85. The molecule has 1 heterocycles. The van der Waals surface area contributed by atoms with Crippen molar-refractivity contribution in [3.8, 4) is 0 Å². The van der Waals surface area contributed by atoms with Gasteiger partial charge < -0.3 is 10.6 Å². The molecule has 0 aliphatic heterocycles. The molecule has 19 heavy (non-hydrogen) atoms. The molecular weight excluding hydrogens is 258 g/mol. The lowest BCUT2D eigenvalue weighted by Crippen LogP contribution is -2.27. The van der Waals surface area contributed by atoms with Crippen LogP contribution in [0.15, 0.2) is 6.20 Å². The van der Waals surface area contributed by atoms with E-state index in [9.17, 15) is 4.79 Å². The summed E-state index contributed by atoms with van der Waals surface area (Å²) < 4.78 is 0. The molecule has 0 fully saturated rings. The molecule has 2 N–H and O–H groups in total. The van der Waals surface area contributed by atoms with Crippen molar-refractivity contribution in [3.05, 3.63) is 16.1 Å². The maximum atomic E-state index is 12.1. The Hall–Kier alpha value is -0.940. The van der Waals surface area contributed by atoms with Gasteiger partial charge in [0.15, 0.2) is 0 Å². The Morgan fingerprint density at radius 3 is 2.68 bits per heavy atom. The van der Waals surface area contributed by atoms with E-state index >= 15 is 0 Å². The molecule has 4 nitrogen and oxygen atoms in total. The van der Waals surface area contributed by atoms with Gasteiger partial charge in [0.25, 0.3) is 0 Å². The number of nitrogens with zero attached hydrogens (tertiary/aromatic N) is 2. The zero-order valence-electron chi connectivity index (χ0n) is 12.4. The van der Waals surface area contributed by atoms with Crippen LogP contribution in [-0.2, 0) is 11.3 Å². The molecule has 0 bridgehead atoms. The first-order valence-electron chi connectivity index (χ1n) is 6.69. The Balaban J connectivity index is 2.40. The van der Waals surface area contributed by atoms with Crippen molar-refractivity contribution in [1.29, 1.82) is 0 Å².